The molecule has 0 radical (unpaired) electrons. The number of nitrogens with zero attached hydrogens (tertiary/aromatic N) is 1. The largest absolute Gasteiger partial charge is 0.376 e. The Morgan fingerprint density at radius 2 is 1.91 bits per heavy atom. The van der Waals surface area contributed by atoms with Crippen molar-refractivity contribution < 1.29 is 18.7 Å². The highest BCUT2D eigenvalue weighted by molar-refractivity contribution is 7.98. The first kappa shape index (κ1) is 25.0. The lowest BCUT2D eigenvalue weighted by molar-refractivity contribution is 0.0926. The van der Waals surface area contributed by atoms with E-state index in [1.165, 1.54) is 24.5 Å². The normalized spacial score (nSPS) is 15.4. The Morgan fingerprint density at radius 1 is 1.18 bits per heavy atom. The highest BCUT2D eigenvalue weighted by Gasteiger charge is 2.21. The molecule has 1 saturated heterocycles. The second-order valence-electron chi connectivity index (χ2n) is 7.98. The monoisotopic (exact) mass is 475 g/mol. The zero-order chi connectivity index (χ0) is 23.6. The minimum absolute atomic E-state index is 0.0196. The number of amides is 2. The molecule has 0 bridgehead atoms. The number of hydrogen-bond acceptors (Lipinski definition) is 5. The molecule has 0 saturated carbocycles. The van der Waals surface area contributed by atoms with Crippen molar-refractivity contribution in [1.82, 2.24) is 15.2 Å². The highest BCUT2D eigenvalue weighted by Crippen LogP contribution is 2.14. The Bertz CT molecular complexity index is 1020. The number of hydrogen-bond donors (Lipinski definition) is 2. The molecule has 1 aliphatic heterocycles. The third kappa shape index (κ3) is 7.43. The molecule has 1 atom stereocenters. The number of ether oxygens (including phenoxy) is 1. The van der Waals surface area contributed by atoms with Gasteiger partial charge in [-0.2, -0.15) is 11.8 Å². The van der Waals surface area contributed by atoms with Crippen LogP contribution in [0.2, 0.25) is 0 Å². The number of aromatic nitrogens is 1. The van der Waals surface area contributed by atoms with Crippen molar-refractivity contribution in [1.29, 1.82) is 0 Å². The van der Waals surface area contributed by atoms with Gasteiger partial charge in [-0.3, -0.25) is 14.4 Å². The van der Waals surface area contributed by atoms with Gasteiger partial charge in [-0.1, -0.05) is 12.1 Å². The van der Waals surface area contributed by atoms with Crippen LogP contribution >= 0.6 is 11.8 Å². The van der Waals surface area contributed by atoms with Crippen LogP contribution in [0.1, 0.15) is 45.5 Å². The van der Waals surface area contributed by atoms with Crippen LogP contribution in [0.5, 0.6) is 0 Å². The quantitative estimate of drug-likeness (QED) is 0.488. The molecule has 33 heavy (non-hydrogen) atoms. The second kappa shape index (κ2) is 12.6. The number of benzene rings is 1. The summed E-state index contributed by atoms with van der Waals surface area (Å²) in [5.74, 6) is -0.490. The van der Waals surface area contributed by atoms with Gasteiger partial charge in [-0.25, -0.2) is 4.39 Å². The van der Waals surface area contributed by atoms with Crippen molar-refractivity contribution in [2.45, 2.75) is 38.3 Å². The Hall–Kier alpha value is -2.65. The first-order valence-corrected chi connectivity index (χ1v) is 12.5. The maximum atomic E-state index is 13.4. The molecule has 1 aromatic carbocycles. The Labute approximate surface area is 197 Å². The molecular formula is C24H30FN3O4S. The number of nitrogens with one attached hydrogen (secondary N) is 2. The molecule has 0 aliphatic carbocycles. The molecule has 1 aliphatic rings. The van der Waals surface area contributed by atoms with E-state index in [0.29, 0.717) is 26.1 Å². The summed E-state index contributed by atoms with van der Waals surface area (Å²) in [6.45, 7) is 1.82. The van der Waals surface area contributed by atoms with Gasteiger partial charge in [0, 0.05) is 38.6 Å². The average Bonchev–Trinajstić information content (AvgIpc) is 3.30. The zero-order valence-corrected chi connectivity index (χ0v) is 19.6. The van der Waals surface area contributed by atoms with Gasteiger partial charge in [0.2, 0.25) is 5.43 Å². The predicted octanol–water partition coefficient (Wildman–Crippen LogP) is 2.62. The lowest BCUT2D eigenvalue weighted by Crippen LogP contribution is -2.36. The van der Waals surface area contributed by atoms with Crippen LogP contribution in [0.15, 0.2) is 41.5 Å². The fourth-order valence-corrected chi connectivity index (χ4v) is 4.14. The molecule has 2 heterocycles. The van der Waals surface area contributed by atoms with E-state index in [0.717, 1.165) is 30.6 Å². The Kier molecular flexibility index (Phi) is 9.50. The molecule has 9 heteroatoms. The van der Waals surface area contributed by atoms with E-state index in [-0.39, 0.29) is 29.6 Å². The predicted molar refractivity (Wildman–Crippen MR) is 127 cm³/mol. The van der Waals surface area contributed by atoms with E-state index in [4.69, 9.17) is 4.74 Å². The van der Waals surface area contributed by atoms with Crippen LogP contribution in [0.25, 0.3) is 0 Å². The van der Waals surface area contributed by atoms with Crippen molar-refractivity contribution in [2.24, 2.45) is 0 Å². The van der Waals surface area contributed by atoms with Crippen molar-refractivity contribution in [3.8, 4) is 0 Å². The van der Waals surface area contributed by atoms with Gasteiger partial charge in [0.15, 0.2) is 0 Å². The second-order valence-corrected chi connectivity index (χ2v) is 8.97. The molecular weight excluding hydrogens is 445 g/mol. The fourth-order valence-electron chi connectivity index (χ4n) is 3.71. The summed E-state index contributed by atoms with van der Waals surface area (Å²) in [5.41, 5.74) is -0.0207. The van der Waals surface area contributed by atoms with E-state index in [1.54, 1.807) is 28.5 Å². The molecule has 7 nitrogen and oxygen atoms in total. The smallest absolute Gasteiger partial charge is 0.256 e. The number of halogens is 1. The summed E-state index contributed by atoms with van der Waals surface area (Å²) in [6, 6.07) is 6.14. The number of pyridine rings is 1. The van der Waals surface area contributed by atoms with Crippen molar-refractivity contribution >= 4 is 23.6 Å². The molecule has 2 N–H and O–H groups in total. The fraction of sp³-hybridized carbons (Fsp3) is 0.458. The van der Waals surface area contributed by atoms with Crippen LogP contribution in [0, 0.1) is 5.82 Å². The first-order valence-electron chi connectivity index (χ1n) is 11.1. The summed E-state index contributed by atoms with van der Waals surface area (Å²) >= 11 is 1.68. The Morgan fingerprint density at radius 3 is 2.55 bits per heavy atom. The van der Waals surface area contributed by atoms with Gasteiger partial charge in [0.05, 0.1) is 6.10 Å². The molecule has 0 unspecified atom stereocenters. The van der Waals surface area contributed by atoms with Gasteiger partial charge in [-0.15, -0.1) is 0 Å². The van der Waals surface area contributed by atoms with Crippen LogP contribution in [-0.4, -0.2) is 54.2 Å². The molecule has 178 valence electrons. The van der Waals surface area contributed by atoms with Gasteiger partial charge in [-0.05, 0) is 55.4 Å². The maximum absolute atomic E-state index is 13.4. The van der Waals surface area contributed by atoms with Gasteiger partial charge < -0.3 is 19.9 Å². The number of carbonyl (C=O) groups excluding carboxylic acids is 2. The summed E-state index contributed by atoms with van der Waals surface area (Å²) < 4.78 is 20.7. The van der Waals surface area contributed by atoms with Gasteiger partial charge in [0.25, 0.3) is 11.8 Å². The van der Waals surface area contributed by atoms with Crippen molar-refractivity contribution in [3.05, 3.63) is 69.4 Å². The van der Waals surface area contributed by atoms with Crippen LogP contribution in [0.4, 0.5) is 4.39 Å². The highest BCUT2D eigenvalue weighted by atomic mass is 32.2. The molecule has 1 fully saturated rings. The molecule has 1 aromatic heterocycles. The molecule has 0 spiro atoms. The summed E-state index contributed by atoms with van der Waals surface area (Å²) in [5, 5.41) is 5.48. The number of carbonyl (C=O) groups is 2. The third-order valence-electron chi connectivity index (χ3n) is 5.41. The minimum Gasteiger partial charge on any atom is -0.376 e. The van der Waals surface area contributed by atoms with E-state index < -0.39 is 17.2 Å². The number of rotatable bonds is 11. The van der Waals surface area contributed by atoms with Crippen molar-refractivity contribution in [3.63, 3.8) is 0 Å². The topological polar surface area (TPSA) is 89.4 Å². The lowest BCUT2D eigenvalue weighted by atomic mass is 10.1. The Balaban J connectivity index is 1.74. The van der Waals surface area contributed by atoms with E-state index in [9.17, 15) is 18.8 Å². The van der Waals surface area contributed by atoms with Crippen LogP contribution in [-0.2, 0) is 17.7 Å². The van der Waals surface area contributed by atoms with Crippen molar-refractivity contribution in [2.75, 3.05) is 31.7 Å². The van der Waals surface area contributed by atoms with E-state index in [2.05, 4.69) is 10.6 Å². The zero-order valence-electron chi connectivity index (χ0n) is 18.8. The summed E-state index contributed by atoms with van der Waals surface area (Å²) in [4.78, 5) is 38.5. The molecule has 2 aromatic rings. The molecule has 3 rings (SSSR count). The molecule has 2 amide bonds. The van der Waals surface area contributed by atoms with E-state index >= 15 is 0 Å². The van der Waals surface area contributed by atoms with Gasteiger partial charge >= 0.3 is 0 Å². The standard InChI is InChI=1S/C24H30FN3O4S/c1-33-12-4-9-26-23(30)20-15-28(14-19-7-3-11-32-19)16-21(22(20)29)24(31)27-10-8-17-5-2-6-18(25)13-17/h2,5-6,13,15-16,19H,3-4,7-12,14H2,1H3,(H,26,30)(H,27,31)/t19-/m1/s1. The lowest BCUT2D eigenvalue weighted by Gasteiger charge is -2.16. The minimum atomic E-state index is -0.607. The van der Waals surface area contributed by atoms with E-state index in [1.807, 2.05) is 6.26 Å². The maximum Gasteiger partial charge on any atom is 0.256 e. The summed E-state index contributed by atoms with van der Waals surface area (Å²) in [7, 11) is 0. The average molecular weight is 476 g/mol. The summed E-state index contributed by atoms with van der Waals surface area (Å²) in [6.07, 6.45) is 8.00. The third-order valence-corrected chi connectivity index (χ3v) is 6.10. The van der Waals surface area contributed by atoms with Crippen LogP contribution in [0.3, 0.4) is 0 Å². The van der Waals surface area contributed by atoms with Crippen LogP contribution < -0.4 is 16.1 Å². The number of thioether (sulfide) groups is 1. The van der Waals surface area contributed by atoms with Gasteiger partial charge in [0.1, 0.15) is 16.9 Å². The SMILES string of the molecule is CSCCCNC(=O)c1cn(C[C@H]2CCCO2)cc(C(=O)NCCc2cccc(F)c2)c1=O. The first-order chi connectivity index (χ1) is 16.0.